The Morgan fingerprint density at radius 2 is 1.70 bits per heavy atom. The van der Waals surface area contributed by atoms with Crippen LogP contribution in [0.25, 0.3) is 6.08 Å². The van der Waals surface area contributed by atoms with E-state index < -0.39 is 5.97 Å². The number of aryl methyl sites for hydroxylation is 2. The van der Waals surface area contributed by atoms with E-state index in [-0.39, 0.29) is 0 Å². The van der Waals surface area contributed by atoms with Crippen molar-refractivity contribution in [2.45, 2.75) is 13.8 Å². The predicted molar refractivity (Wildman–Crippen MR) is 90.0 cm³/mol. The summed E-state index contributed by atoms with van der Waals surface area (Å²) in [6, 6.07) is 13.2. The van der Waals surface area contributed by atoms with Crippen molar-refractivity contribution in [2.24, 2.45) is 0 Å². The highest BCUT2D eigenvalue weighted by molar-refractivity contribution is 5.85. The normalized spacial score (nSPS) is 10.7. The van der Waals surface area contributed by atoms with Crippen molar-refractivity contribution in [3.05, 3.63) is 65.2 Å². The molecule has 0 spiro atoms. The Balaban J connectivity index is 1.83. The lowest BCUT2D eigenvalue weighted by molar-refractivity contribution is -0.131. The molecule has 0 aliphatic rings. The molecule has 0 unspecified atom stereocenters. The molecule has 0 bridgehead atoms. The van der Waals surface area contributed by atoms with Crippen LogP contribution in [0.15, 0.2) is 48.5 Å². The number of carboxylic acids is 1. The number of rotatable bonds is 7. The third-order valence-corrected chi connectivity index (χ3v) is 3.38. The first-order valence-electron chi connectivity index (χ1n) is 7.38. The van der Waals surface area contributed by atoms with Gasteiger partial charge in [-0.1, -0.05) is 18.2 Å². The Hall–Kier alpha value is -2.75. The van der Waals surface area contributed by atoms with Crippen LogP contribution in [0.3, 0.4) is 0 Å². The molecule has 0 radical (unpaired) electrons. The smallest absolute Gasteiger partial charge is 0.328 e. The Bertz CT molecular complexity index is 704. The van der Waals surface area contributed by atoms with Crippen molar-refractivity contribution < 1.29 is 19.4 Å². The monoisotopic (exact) mass is 312 g/mol. The van der Waals surface area contributed by atoms with E-state index in [2.05, 4.69) is 13.8 Å². The van der Waals surface area contributed by atoms with Gasteiger partial charge in [-0.2, -0.15) is 0 Å². The third-order valence-electron chi connectivity index (χ3n) is 3.38. The van der Waals surface area contributed by atoms with E-state index in [1.165, 1.54) is 17.2 Å². The second-order valence-electron chi connectivity index (χ2n) is 5.19. The molecule has 0 atom stereocenters. The first kappa shape index (κ1) is 16.6. The summed E-state index contributed by atoms with van der Waals surface area (Å²) in [7, 11) is 0. The zero-order valence-electron chi connectivity index (χ0n) is 13.3. The van der Waals surface area contributed by atoms with Gasteiger partial charge in [0.1, 0.15) is 24.7 Å². The Morgan fingerprint density at radius 3 is 2.35 bits per heavy atom. The average Bonchev–Trinajstić information content (AvgIpc) is 2.53. The van der Waals surface area contributed by atoms with Gasteiger partial charge < -0.3 is 14.6 Å². The summed E-state index contributed by atoms with van der Waals surface area (Å²) in [5, 5.41) is 8.63. The van der Waals surface area contributed by atoms with E-state index in [0.29, 0.717) is 19.0 Å². The largest absolute Gasteiger partial charge is 0.490 e. The molecule has 0 aliphatic heterocycles. The highest BCUT2D eigenvalue weighted by atomic mass is 16.5. The lowest BCUT2D eigenvalue weighted by atomic mass is 10.1. The van der Waals surface area contributed by atoms with Gasteiger partial charge in [-0.3, -0.25) is 0 Å². The van der Waals surface area contributed by atoms with Crippen LogP contribution in [-0.4, -0.2) is 24.3 Å². The Morgan fingerprint density at radius 1 is 1.00 bits per heavy atom. The van der Waals surface area contributed by atoms with Gasteiger partial charge in [0.25, 0.3) is 0 Å². The van der Waals surface area contributed by atoms with E-state index in [1.54, 1.807) is 6.07 Å². The number of carboxylic acid groups (broad SMARTS) is 1. The van der Waals surface area contributed by atoms with Crippen molar-refractivity contribution in [1.29, 1.82) is 0 Å². The van der Waals surface area contributed by atoms with E-state index in [4.69, 9.17) is 14.6 Å². The summed E-state index contributed by atoms with van der Waals surface area (Å²) in [6.45, 7) is 4.97. The molecule has 0 amide bonds. The minimum atomic E-state index is -0.974. The molecule has 0 saturated carbocycles. The van der Waals surface area contributed by atoms with E-state index in [1.807, 2.05) is 36.4 Å². The standard InChI is InChI=1S/C19H20O4/c1-14-6-8-18(12-15(14)2)23-11-10-22-17-5-3-4-16(13-17)7-9-19(20)21/h3-9,12-13H,10-11H2,1-2H3,(H,20,21). The molecule has 0 saturated heterocycles. The molecule has 23 heavy (non-hydrogen) atoms. The molecule has 120 valence electrons. The zero-order chi connectivity index (χ0) is 16.7. The van der Waals surface area contributed by atoms with E-state index in [0.717, 1.165) is 17.4 Å². The molecule has 2 rings (SSSR count). The molecule has 4 nitrogen and oxygen atoms in total. The lowest BCUT2D eigenvalue weighted by Crippen LogP contribution is -2.09. The number of hydrogen-bond donors (Lipinski definition) is 1. The Labute approximate surface area is 136 Å². The SMILES string of the molecule is Cc1ccc(OCCOc2cccc(C=CC(=O)O)c2)cc1C. The van der Waals surface area contributed by atoms with Crippen molar-refractivity contribution in [3.8, 4) is 11.5 Å². The zero-order valence-corrected chi connectivity index (χ0v) is 13.3. The first-order valence-corrected chi connectivity index (χ1v) is 7.38. The van der Waals surface area contributed by atoms with Gasteiger partial charge in [0.05, 0.1) is 0 Å². The molecule has 2 aromatic rings. The fraction of sp³-hybridized carbons (Fsp3) is 0.211. The van der Waals surface area contributed by atoms with Crippen LogP contribution in [0.4, 0.5) is 0 Å². The summed E-state index contributed by atoms with van der Waals surface area (Å²) >= 11 is 0. The summed E-state index contributed by atoms with van der Waals surface area (Å²) in [4.78, 5) is 10.5. The van der Waals surface area contributed by atoms with E-state index >= 15 is 0 Å². The molecule has 0 aliphatic carbocycles. The highest BCUT2D eigenvalue weighted by Gasteiger charge is 1.99. The van der Waals surface area contributed by atoms with Crippen molar-refractivity contribution in [2.75, 3.05) is 13.2 Å². The van der Waals surface area contributed by atoms with Crippen LogP contribution in [0.1, 0.15) is 16.7 Å². The maximum atomic E-state index is 10.5. The molecule has 0 fully saturated rings. The van der Waals surface area contributed by atoms with Crippen LogP contribution in [-0.2, 0) is 4.79 Å². The van der Waals surface area contributed by atoms with Gasteiger partial charge >= 0.3 is 5.97 Å². The van der Waals surface area contributed by atoms with Crippen LogP contribution >= 0.6 is 0 Å². The Kier molecular flexibility index (Phi) is 5.80. The second kappa shape index (κ2) is 8.03. The number of benzene rings is 2. The van der Waals surface area contributed by atoms with Gasteiger partial charge in [0, 0.05) is 6.08 Å². The maximum absolute atomic E-state index is 10.5. The van der Waals surface area contributed by atoms with Crippen molar-refractivity contribution >= 4 is 12.0 Å². The fourth-order valence-electron chi connectivity index (χ4n) is 2.00. The number of aliphatic carboxylic acids is 1. The van der Waals surface area contributed by atoms with Crippen LogP contribution in [0.2, 0.25) is 0 Å². The maximum Gasteiger partial charge on any atom is 0.328 e. The fourth-order valence-corrected chi connectivity index (χ4v) is 2.00. The minimum absolute atomic E-state index is 0.416. The molecule has 0 heterocycles. The lowest BCUT2D eigenvalue weighted by Gasteiger charge is -2.10. The number of carbonyl (C=O) groups is 1. The third kappa shape index (κ3) is 5.51. The van der Waals surface area contributed by atoms with Crippen LogP contribution < -0.4 is 9.47 Å². The molecule has 4 heteroatoms. The second-order valence-corrected chi connectivity index (χ2v) is 5.19. The predicted octanol–water partition coefficient (Wildman–Crippen LogP) is 3.86. The highest BCUT2D eigenvalue weighted by Crippen LogP contribution is 2.17. The van der Waals surface area contributed by atoms with Gasteiger partial charge in [-0.15, -0.1) is 0 Å². The molecular formula is C19H20O4. The van der Waals surface area contributed by atoms with E-state index in [9.17, 15) is 4.79 Å². The molecule has 2 aromatic carbocycles. The number of hydrogen-bond acceptors (Lipinski definition) is 3. The summed E-state index contributed by atoms with van der Waals surface area (Å²) < 4.78 is 11.3. The van der Waals surface area contributed by atoms with Gasteiger partial charge in [0.2, 0.25) is 0 Å². The summed E-state index contributed by atoms with van der Waals surface area (Å²) in [6.07, 6.45) is 2.63. The van der Waals surface area contributed by atoms with Crippen molar-refractivity contribution in [3.63, 3.8) is 0 Å². The number of ether oxygens (including phenoxy) is 2. The molecule has 0 aromatic heterocycles. The quantitative estimate of drug-likeness (QED) is 0.623. The van der Waals surface area contributed by atoms with Gasteiger partial charge in [0.15, 0.2) is 0 Å². The van der Waals surface area contributed by atoms with Gasteiger partial charge in [-0.05, 0) is 60.9 Å². The first-order chi connectivity index (χ1) is 11.0. The minimum Gasteiger partial charge on any atom is -0.490 e. The average molecular weight is 312 g/mol. The van der Waals surface area contributed by atoms with Gasteiger partial charge in [-0.25, -0.2) is 4.79 Å². The summed E-state index contributed by atoms with van der Waals surface area (Å²) in [5.41, 5.74) is 3.21. The molecule has 1 N–H and O–H groups in total. The van der Waals surface area contributed by atoms with Crippen LogP contribution in [0.5, 0.6) is 11.5 Å². The van der Waals surface area contributed by atoms with Crippen molar-refractivity contribution in [1.82, 2.24) is 0 Å². The van der Waals surface area contributed by atoms with Crippen LogP contribution in [0, 0.1) is 13.8 Å². The topological polar surface area (TPSA) is 55.8 Å². The summed E-state index contributed by atoms with van der Waals surface area (Å²) in [5.74, 6) is 0.536. The molecular weight excluding hydrogens is 292 g/mol.